The van der Waals surface area contributed by atoms with Gasteiger partial charge in [0.25, 0.3) is 0 Å². The summed E-state index contributed by atoms with van der Waals surface area (Å²) in [6.07, 6.45) is 4.41. The average molecular weight is 168 g/mol. The van der Waals surface area contributed by atoms with Crippen molar-refractivity contribution < 1.29 is 4.48 Å². The largest absolute Gasteiger partial charge is 0.326 e. The highest BCUT2D eigenvalue weighted by atomic mass is 15.4. The van der Waals surface area contributed by atoms with Gasteiger partial charge in [-0.2, -0.15) is 0 Å². The van der Waals surface area contributed by atoms with Gasteiger partial charge in [0.15, 0.2) is 0 Å². The van der Waals surface area contributed by atoms with E-state index in [9.17, 15) is 0 Å². The molecule has 0 amide bonds. The minimum atomic E-state index is 0.625. The lowest BCUT2D eigenvalue weighted by molar-refractivity contribution is -0.928. The Morgan fingerprint density at radius 3 is 2.50 bits per heavy atom. The van der Waals surface area contributed by atoms with E-state index in [1.54, 1.807) is 0 Å². The molecule has 0 spiro atoms. The monoisotopic (exact) mass is 168 g/mol. The van der Waals surface area contributed by atoms with Gasteiger partial charge in [0.1, 0.15) is 0 Å². The van der Waals surface area contributed by atoms with Crippen LogP contribution < -0.4 is 0 Å². The molecule has 2 atom stereocenters. The van der Waals surface area contributed by atoms with Crippen LogP contribution in [0.4, 0.5) is 0 Å². The first kappa shape index (κ1) is 8.55. The van der Waals surface area contributed by atoms with Gasteiger partial charge in [-0.3, -0.25) is 0 Å². The first-order chi connectivity index (χ1) is 5.44. The quantitative estimate of drug-likeness (QED) is 0.487. The molecule has 0 aromatic heterocycles. The van der Waals surface area contributed by atoms with E-state index in [1.807, 2.05) is 0 Å². The van der Waals surface area contributed by atoms with Crippen LogP contribution in [0.3, 0.4) is 0 Å². The smallest absolute Gasteiger partial charge is 0.0943 e. The van der Waals surface area contributed by atoms with Crippen molar-refractivity contribution in [3.63, 3.8) is 0 Å². The van der Waals surface area contributed by atoms with Crippen LogP contribution in [0.1, 0.15) is 33.1 Å². The lowest BCUT2D eigenvalue weighted by Gasteiger charge is -2.55. The third-order valence-electron chi connectivity index (χ3n) is 4.55. The van der Waals surface area contributed by atoms with Crippen molar-refractivity contribution >= 4 is 0 Å². The van der Waals surface area contributed by atoms with Gasteiger partial charge in [0.05, 0.1) is 26.7 Å². The predicted octanol–water partition coefficient (Wildman–Crippen LogP) is 2.27. The number of hydrogen-bond donors (Lipinski definition) is 0. The molecule has 0 aromatic carbocycles. The van der Waals surface area contributed by atoms with Crippen LogP contribution in [0, 0.1) is 11.3 Å². The molecule has 2 unspecified atom stereocenters. The highest BCUT2D eigenvalue weighted by molar-refractivity contribution is 4.99. The van der Waals surface area contributed by atoms with Crippen molar-refractivity contribution in [3.8, 4) is 0 Å². The zero-order chi connectivity index (χ0) is 8.98. The standard InChI is InChI=1S/C11H22N/c1-11(2)9-6-5-7-12(3,4)10(11)8-9/h9-10H,5-8H2,1-4H3/q+1. The molecule has 2 aliphatic heterocycles. The molecular formula is C11H22N+. The fourth-order valence-electron chi connectivity index (χ4n) is 3.57. The summed E-state index contributed by atoms with van der Waals surface area (Å²) in [5.41, 5.74) is 0.625. The Labute approximate surface area is 76.3 Å². The van der Waals surface area contributed by atoms with E-state index < -0.39 is 0 Å². The van der Waals surface area contributed by atoms with Crippen molar-refractivity contribution in [1.82, 2.24) is 0 Å². The minimum absolute atomic E-state index is 0.625. The number of fused-ring (bicyclic) bond motifs is 3. The van der Waals surface area contributed by atoms with Crippen molar-refractivity contribution in [1.29, 1.82) is 0 Å². The fraction of sp³-hybridized carbons (Fsp3) is 1.00. The molecule has 2 saturated heterocycles. The van der Waals surface area contributed by atoms with Crippen LogP contribution in [0.2, 0.25) is 0 Å². The molecule has 12 heavy (non-hydrogen) atoms. The highest BCUT2D eigenvalue weighted by Crippen LogP contribution is 2.54. The number of nitrogens with zero attached hydrogens (tertiary/aromatic N) is 1. The van der Waals surface area contributed by atoms with Gasteiger partial charge in [-0.15, -0.1) is 0 Å². The Morgan fingerprint density at radius 2 is 1.92 bits per heavy atom. The maximum absolute atomic E-state index is 2.47. The number of hydrogen-bond acceptors (Lipinski definition) is 0. The maximum atomic E-state index is 2.47. The summed E-state index contributed by atoms with van der Waals surface area (Å²) in [4.78, 5) is 0. The fourth-order valence-corrected chi connectivity index (χ4v) is 3.57. The topological polar surface area (TPSA) is 0 Å². The molecule has 1 aliphatic carbocycles. The Bertz CT molecular complexity index is 185. The molecule has 3 aliphatic rings. The normalized spacial score (nSPS) is 43.0. The van der Waals surface area contributed by atoms with Crippen LogP contribution in [0.15, 0.2) is 0 Å². The maximum Gasteiger partial charge on any atom is 0.0943 e. The molecule has 3 rings (SSSR count). The van der Waals surface area contributed by atoms with Crippen LogP contribution in [-0.4, -0.2) is 31.2 Å². The van der Waals surface area contributed by atoms with Gasteiger partial charge >= 0.3 is 0 Å². The Balaban J connectivity index is 2.25. The van der Waals surface area contributed by atoms with E-state index >= 15 is 0 Å². The van der Waals surface area contributed by atoms with E-state index in [0.29, 0.717) is 5.41 Å². The third-order valence-corrected chi connectivity index (χ3v) is 4.55. The van der Waals surface area contributed by atoms with Gasteiger partial charge in [-0.05, 0) is 18.8 Å². The Hall–Kier alpha value is -0.0400. The summed E-state index contributed by atoms with van der Waals surface area (Å²) in [5.74, 6) is 1.03. The molecular weight excluding hydrogens is 146 g/mol. The summed E-state index contributed by atoms with van der Waals surface area (Å²) in [5, 5.41) is 0. The molecule has 2 bridgehead atoms. The highest BCUT2D eigenvalue weighted by Gasteiger charge is 2.57. The molecule has 1 heteroatoms. The van der Waals surface area contributed by atoms with Crippen LogP contribution >= 0.6 is 0 Å². The van der Waals surface area contributed by atoms with Crippen LogP contribution in [0.5, 0.6) is 0 Å². The van der Waals surface area contributed by atoms with Crippen molar-refractivity contribution in [2.45, 2.75) is 39.2 Å². The summed E-state index contributed by atoms with van der Waals surface area (Å²) < 4.78 is 1.27. The van der Waals surface area contributed by atoms with E-state index in [-0.39, 0.29) is 0 Å². The molecule has 3 fully saturated rings. The molecule has 0 aromatic rings. The van der Waals surface area contributed by atoms with Crippen LogP contribution in [0.25, 0.3) is 0 Å². The second-order valence-corrected chi connectivity index (χ2v) is 5.91. The van der Waals surface area contributed by atoms with Gasteiger partial charge < -0.3 is 4.48 Å². The van der Waals surface area contributed by atoms with E-state index in [0.717, 1.165) is 12.0 Å². The third kappa shape index (κ3) is 0.953. The summed E-state index contributed by atoms with van der Waals surface area (Å²) in [6.45, 7) is 6.33. The second kappa shape index (κ2) is 2.25. The van der Waals surface area contributed by atoms with E-state index in [4.69, 9.17) is 0 Å². The van der Waals surface area contributed by atoms with Crippen LogP contribution in [-0.2, 0) is 0 Å². The van der Waals surface area contributed by atoms with Gasteiger partial charge in [-0.1, -0.05) is 13.8 Å². The molecule has 0 N–H and O–H groups in total. The minimum Gasteiger partial charge on any atom is -0.326 e. The van der Waals surface area contributed by atoms with Crippen molar-refractivity contribution in [3.05, 3.63) is 0 Å². The lowest BCUT2D eigenvalue weighted by atomic mass is 9.57. The molecule has 0 radical (unpaired) electrons. The first-order valence-corrected chi connectivity index (χ1v) is 5.27. The van der Waals surface area contributed by atoms with Gasteiger partial charge in [-0.25, -0.2) is 0 Å². The SMILES string of the molecule is CC1(C)C2CCC[N+](C)(C)C1C2. The lowest BCUT2D eigenvalue weighted by Crippen LogP contribution is -2.63. The van der Waals surface area contributed by atoms with Crippen molar-refractivity contribution in [2.24, 2.45) is 11.3 Å². The zero-order valence-electron chi connectivity index (χ0n) is 8.93. The van der Waals surface area contributed by atoms with Crippen molar-refractivity contribution in [2.75, 3.05) is 20.6 Å². The second-order valence-electron chi connectivity index (χ2n) is 5.91. The molecule has 2 heterocycles. The molecule has 70 valence electrons. The van der Waals surface area contributed by atoms with Gasteiger partial charge in [0, 0.05) is 11.8 Å². The summed E-state index contributed by atoms with van der Waals surface area (Å²) in [7, 11) is 4.82. The molecule has 1 saturated carbocycles. The first-order valence-electron chi connectivity index (χ1n) is 5.27. The van der Waals surface area contributed by atoms with E-state index in [2.05, 4.69) is 27.9 Å². The Morgan fingerprint density at radius 1 is 1.25 bits per heavy atom. The molecule has 1 nitrogen and oxygen atoms in total. The Kier molecular flexibility index (Phi) is 1.61. The number of rotatable bonds is 0. The van der Waals surface area contributed by atoms with Gasteiger partial charge in [0.2, 0.25) is 0 Å². The van der Waals surface area contributed by atoms with E-state index in [1.165, 1.54) is 30.3 Å². The average Bonchev–Trinajstić information content (AvgIpc) is 2.13. The summed E-state index contributed by atoms with van der Waals surface area (Å²) >= 11 is 0. The number of quaternary nitrogens is 1. The zero-order valence-corrected chi connectivity index (χ0v) is 8.93. The summed E-state index contributed by atoms with van der Waals surface area (Å²) in [6, 6.07) is 0.935. The predicted molar refractivity (Wildman–Crippen MR) is 51.9 cm³/mol.